The Morgan fingerprint density at radius 1 is 0.947 bits per heavy atom. The molecule has 3 aromatic rings. The van der Waals surface area contributed by atoms with Gasteiger partial charge in [0.05, 0.1) is 24.8 Å². The molecule has 1 amide bonds. The topological polar surface area (TPSA) is 97.0 Å². The minimum absolute atomic E-state index is 0.0439. The maximum atomic E-state index is 13.4. The molecule has 2 atom stereocenters. The molecule has 0 unspecified atom stereocenters. The number of hydrogen-bond donors (Lipinski definition) is 2. The van der Waals surface area contributed by atoms with Gasteiger partial charge in [-0.25, -0.2) is 8.42 Å². The normalized spacial score (nSPS) is 18.0. The van der Waals surface area contributed by atoms with E-state index in [1.165, 1.54) is 0 Å². The van der Waals surface area contributed by atoms with Crippen molar-refractivity contribution < 1.29 is 22.7 Å². The van der Waals surface area contributed by atoms with E-state index >= 15 is 0 Å². The fourth-order valence-corrected chi connectivity index (χ4v) is 5.88. The van der Waals surface area contributed by atoms with Gasteiger partial charge < -0.3 is 19.7 Å². The fraction of sp³-hybridized carbons (Fsp3) is 0.345. The molecule has 0 aliphatic carbocycles. The molecule has 1 aliphatic rings. The zero-order chi connectivity index (χ0) is 27.4. The molecule has 9 heteroatoms. The Labute approximate surface area is 225 Å². The first kappa shape index (κ1) is 27.5. The van der Waals surface area contributed by atoms with E-state index in [1.54, 1.807) is 63.6 Å². The minimum Gasteiger partial charge on any atom is -0.493 e. The van der Waals surface area contributed by atoms with Crippen LogP contribution in [0.25, 0.3) is 0 Å². The number of sulfonamides is 1. The van der Waals surface area contributed by atoms with Gasteiger partial charge in [0.15, 0.2) is 11.5 Å². The summed E-state index contributed by atoms with van der Waals surface area (Å²) in [5.74, 6) is 1.09. The smallest absolute Gasteiger partial charge is 0.261 e. The molecule has 2 N–H and O–H groups in total. The average Bonchev–Trinajstić information content (AvgIpc) is 2.90. The van der Waals surface area contributed by atoms with E-state index in [0.29, 0.717) is 22.7 Å². The van der Waals surface area contributed by atoms with Crippen molar-refractivity contribution in [2.75, 3.05) is 39.1 Å². The lowest BCUT2D eigenvalue weighted by molar-refractivity contribution is 0.0904. The number of likely N-dealkylation sites (tertiary alicyclic amines) is 1. The van der Waals surface area contributed by atoms with Crippen LogP contribution >= 0.6 is 0 Å². The van der Waals surface area contributed by atoms with Crippen LogP contribution in [0.1, 0.15) is 39.4 Å². The van der Waals surface area contributed by atoms with E-state index in [9.17, 15) is 13.2 Å². The monoisotopic (exact) mass is 537 g/mol. The van der Waals surface area contributed by atoms with Crippen molar-refractivity contribution in [3.63, 3.8) is 0 Å². The lowest BCUT2D eigenvalue weighted by atomic mass is 9.85. The average molecular weight is 538 g/mol. The lowest BCUT2D eigenvalue weighted by Gasteiger charge is -2.37. The number of aryl methyl sites for hydroxylation is 2. The molecule has 0 aromatic heterocycles. The standard InChI is InChI=1S/C29H35N3O5S/c1-19-6-11-23(12-7-19)38(34,35)31-26-16-22(9-8-20(26)2)29(33)30-25-14-15-32(3)18-24(25)21-10-13-27(36-4)28(17-21)37-5/h6-13,16-17,24-25,31H,14-15,18H2,1-5H3,(H,30,33)/t24-,25-/m1/s1. The largest absolute Gasteiger partial charge is 0.493 e. The maximum Gasteiger partial charge on any atom is 0.261 e. The number of hydrogen-bond acceptors (Lipinski definition) is 6. The second kappa shape index (κ2) is 11.4. The van der Waals surface area contributed by atoms with E-state index in [2.05, 4.69) is 22.0 Å². The van der Waals surface area contributed by atoms with Crippen molar-refractivity contribution >= 4 is 21.6 Å². The van der Waals surface area contributed by atoms with Crippen LogP contribution < -0.4 is 19.5 Å². The summed E-state index contributed by atoms with van der Waals surface area (Å²) in [5.41, 5.74) is 3.51. The highest BCUT2D eigenvalue weighted by atomic mass is 32.2. The third-order valence-electron chi connectivity index (χ3n) is 7.04. The molecule has 4 rings (SSSR count). The number of piperidine rings is 1. The third-order valence-corrected chi connectivity index (χ3v) is 8.42. The summed E-state index contributed by atoms with van der Waals surface area (Å²) in [6.45, 7) is 5.33. The molecular formula is C29H35N3O5S. The van der Waals surface area contributed by atoms with Crippen molar-refractivity contribution in [1.82, 2.24) is 10.2 Å². The van der Waals surface area contributed by atoms with Gasteiger partial charge in [-0.05, 0) is 81.4 Å². The van der Waals surface area contributed by atoms with Crippen LogP contribution in [0.15, 0.2) is 65.6 Å². The summed E-state index contributed by atoms with van der Waals surface area (Å²) in [7, 11) is 1.48. The molecule has 202 valence electrons. The number of nitrogens with one attached hydrogen (secondary N) is 2. The number of benzene rings is 3. The van der Waals surface area contributed by atoms with E-state index in [1.807, 2.05) is 25.1 Å². The number of carbonyl (C=O) groups excluding carboxylic acids is 1. The molecule has 1 fully saturated rings. The summed E-state index contributed by atoms with van der Waals surface area (Å²) in [4.78, 5) is 15.8. The van der Waals surface area contributed by atoms with Crippen LogP contribution in [-0.2, 0) is 10.0 Å². The number of amides is 1. The molecule has 0 spiro atoms. The third kappa shape index (κ3) is 6.11. The predicted molar refractivity (Wildman–Crippen MR) is 149 cm³/mol. The molecule has 0 bridgehead atoms. The highest BCUT2D eigenvalue weighted by Crippen LogP contribution is 2.34. The first-order valence-electron chi connectivity index (χ1n) is 12.5. The SMILES string of the molecule is COc1ccc([C@H]2CN(C)CC[C@H]2NC(=O)c2ccc(C)c(NS(=O)(=O)c3ccc(C)cc3)c2)cc1OC. The second-order valence-corrected chi connectivity index (χ2v) is 11.5. The van der Waals surface area contributed by atoms with E-state index < -0.39 is 10.0 Å². The van der Waals surface area contributed by atoms with Crippen LogP contribution in [0.2, 0.25) is 0 Å². The Morgan fingerprint density at radius 3 is 2.34 bits per heavy atom. The summed E-state index contributed by atoms with van der Waals surface area (Å²) in [5, 5.41) is 3.20. The Morgan fingerprint density at radius 2 is 1.66 bits per heavy atom. The number of rotatable bonds is 8. The number of anilines is 1. The van der Waals surface area contributed by atoms with E-state index in [0.717, 1.165) is 36.2 Å². The van der Waals surface area contributed by atoms with Gasteiger partial charge in [0, 0.05) is 24.1 Å². The van der Waals surface area contributed by atoms with Crippen LogP contribution in [0.3, 0.4) is 0 Å². The molecule has 1 heterocycles. The highest BCUT2D eigenvalue weighted by molar-refractivity contribution is 7.92. The summed E-state index contributed by atoms with van der Waals surface area (Å²) < 4.78 is 39.4. The Bertz CT molecular complexity index is 1410. The second-order valence-electron chi connectivity index (χ2n) is 9.80. The Hall–Kier alpha value is -3.56. The number of likely N-dealkylation sites (N-methyl/N-ethyl adjacent to an activating group) is 1. The molecule has 38 heavy (non-hydrogen) atoms. The van der Waals surface area contributed by atoms with Crippen LogP contribution in [0.5, 0.6) is 11.5 Å². The Balaban J connectivity index is 1.56. The van der Waals surface area contributed by atoms with Gasteiger partial charge in [-0.1, -0.05) is 29.8 Å². The summed E-state index contributed by atoms with van der Waals surface area (Å²) >= 11 is 0. The summed E-state index contributed by atoms with van der Waals surface area (Å²) in [6.07, 6.45) is 0.778. The van der Waals surface area contributed by atoms with E-state index in [-0.39, 0.29) is 22.8 Å². The lowest BCUT2D eigenvalue weighted by Crippen LogP contribution is -2.48. The van der Waals surface area contributed by atoms with Crippen molar-refractivity contribution in [3.05, 3.63) is 82.9 Å². The molecule has 8 nitrogen and oxygen atoms in total. The van der Waals surface area contributed by atoms with Gasteiger partial charge in [0.25, 0.3) is 15.9 Å². The van der Waals surface area contributed by atoms with Crippen molar-refractivity contribution in [2.45, 2.75) is 37.1 Å². The predicted octanol–water partition coefficient (Wildman–Crippen LogP) is 4.34. The zero-order valence-corrected chi connectivity index (χ0v) is 23.3. The quantitative estimate of drug-likeness (QED) is 0.444. The van der Waals surface area contributed by atoms with Crippen LogP contribution in [0, 0.1) is 13.8 Å². The van der Waals surface area contributed by atoms with Crippen molar-refractivity contribution in [3.8, 4) is 11.5 Å². The fourth-order valence-electron chi connectivity index (χ4n) is 4.75. The zero-order valence-electron chi connectivity index (χ0n) is 22.4. The maximum absolute atomic E-state index is 13.4. The molecule has 1 saturated heterocycles. The van der Waals surface area contributed by atoms with Gasteiger partial charge in [-0.3, -0.25) is 9.52 Å². The summed E-state index contributed by atoms with van der Waals surface area (Å²) in [6, 6.07) is 17.5. The minimum atomic E-state index is -3.79. The number of ether oxygens (including phenoxy) is 2. The van der Waals surface area contributed by atoms with Gasteiger partial charge in [0.2, 0.25) is 0 Å². The van der Waals surface area contributed by atoms with Crippen molar-refractivity contribution in [1.29, 1.82) is 0 Å². The molecule has 0 radical (unpaired) electrons. The number of nitrogens with zero attached hydrogens (tertiary/aromatic N) is 1. The van der Waals surface area contributed by atoms with Gasteiger partial charge in [-0.15, -0.1) is 0 Å². The molecule has 3 aromatic carbocycles. The number of carbonyl (C=O) groups is 1. The first-order chi connectivity index (χ1) is 18.1. The molecule has 1 aliphatic heterocycles. The number of methoxy groups -OCH3 is 2. The molecular weight excluding hydrogens is 502 g/mol. The first-order valence-corrected chi connectivity index (χ1v) is 14.0. The van der Waals surface area contributed by atoms with Gasteiger partial charge in [0.1, 0.15) is 0 Å². The van der Waals surface area contributed by atoms with Crippen LogP contribution in [-0.4, -0.2) is 59.6 Å². The van der Waals surface area contributed by atoms with Gasteiger partial charge in [-0.2, -0.15) is 0 Å². The van der Waals surface area contributed by atoms with Crippen molar-refractivity contribution in [2.24, 2.45) is 0 Å². The molecule has 0 saturated carbocycles. The highest BCUT2D eigenvalue weighted by Gasteiger charge is 2.31. The van der Waals surface area contributed by atoms with Crippen LogP contribution in [0.4, 0.5) is 5.69 Å². The van der Waals surface area contributed by atoms with Gasteiger partial charge >= 0.3 is 0 Å². The van der Waals surface area contributed by atoms with E-state index in [4.69, 9.17) is 9.47 Å². The Kier molecular flexibility index (Phi) is 8.28.